The van der Waals surface area contributed by atoms with Gasteiger partial charge in [-0.25, -0.2) is 4.98 Å². The van der Waals surface area contributed by atoms with Crippen molar-refractivity contribution in [2.45, 2.75) is 0 Å². The van der Waals surface area contributed by atoms with Crippen LogP contribution >= 0.6 is 11.3 Å². The van der Waals surface area contributed by atoms with Crippen LogP contribution in [0.15, 0.2) is 97.1 Å². The molecule has 6 heteroatoms. The first-order valence-corrected chi connectivity index (χ1v) is 11.6. The van der Waals surface area contributed by atoms with E-state index in [0.717, 1.165) is 48.5 Å². The van der Waals surface area contributed by atoms with Crippen LogP contribution in [0.4, 0.5) is 11.5 Å². The third kappa shape index (κ3) is 3.45. The highest BCUT2D eigenvalue weighted by Crippen LogP contribution is 2.43. The number of rotatable bonds is 4. The minimum Gasteiger partial charge on any atom is -0.339 e. The number of para-hydroxylation sites is 1. The summed E-state index contributed by atoms with van der Waals surface area (Å²) >= 11 is 1.50. The van der Waals surface area contributed by atoms with Crippen LogP contribution in [-0.4, -0.2) is 15.2 Å². The lowest BCUT2D eigenvalue weighted by atomic mass is 9.97. The van der Waals surface area contributed by atoms with Gasteiger partial charge in [0.05, 0.1) is 15.8 Å². The Bertz CT molecular complexity index is 1670. The fourth-order valence-electron chi connectivity index (χ4n) is 4.09. The highest BCUT2D eigenvalue weighted by molar-refractivity contribution is 7.25. The van der Waals surface area contributed by atoms with Crippen LogP contribution in [-0.2, 0) is 0 Å². The van der Waals surface area contributed by atoms with E-state index in [0.29, 0.717) is 11.4 Å². The fourth-order valence-corrected chi connectivity index (χ4v) is 5.10. The maximum atomic E-state index is 9.80. The number of aromatic nitrogens is 3. The zero-order valence-corrected chi connectivity index (χ0v) is 18.8. The molecule has 3 aromatic heterocycles. The molecule has 6 rings (SSSR count). The summed E-state index contributed by atoms with van der Waals surface area (Å²) in [4.78, 5) is 5.75. The van der Waals surface area contributed by atoms with Gasteiger partial charge in [-0.15, -0.1) is 21.5 Å². The zero-order valence-electron chi connectivity index (χ0n) is 17.9. The lowest BCUT2D eigenvalue weighted by molar-refractivity contribution is 1.09. The molecule has 0 saturated carbocycles. The van der Waals surface area contributed by atoms with E-state index in [1.807, 2.05) is 84.9 Å². The van der Waals surface area contributed by atoms with Gasteiger partial charge in [-0.2, -0.15) is 5.26 Å². The average molecular weight is 456 g/mol. The van der Waals surface area contributed by atoms with Crippen molar-refractivity contribution in [2.75, 3.05) is 5.32 Å². The van der Waals surface area contributed by atoms with Gasteiger partial charge >= 0.3 is 0 Å². The Kier molecular flexibility index (Phi) is 4.95. The van der Waals surface area contributed by atoms with Crippen LogP contribution in [0.1, 0.15) is 5.56 Å². The molecule has 0 bridgehead atoms. The predicted molar refractivity (Wildman–Crippen MR) is 138 cm³/mol. The lowest BCUT2D eigenvalue weighted by Gasteiger charge is -2.11. The van der Waals surface area contributed by atoms with E-state index in [9.17, 15) is 5.26 Å². The molecule has 6 aromatic rings. The third-order valence-corrected chi connectivity index (χ3v) is 6.65. The highest BCUT2D eigenvalue weighted by Gasteiger charge is 2.21. The minimum atomic E-state index is 0.486. The molecule has 0 atom stereocenters. The summed E-state index contributed by atoms with van der Waals surface area (Å²) < 4.78 is 0.904. The summed E-state index contributed by atoms with van der Waals surface area (Å²) in [7, 11) is 0. The van der Waals surface area contributed by atoms with Gasteiger partial charge in [0.1, 0.15) is 22.4 Å². The lowest BCUT2D eigenvalue weighted by Crippen LogP contribution is -1.98. The molecule has 0 aliphatic heterocycles. The van der Waals surface area contributed by atoms with Gasteiger partial charge in [0.25, 0.3) is 0 Å². The second-order valence-electron chi connectivity index (χ2n) is 7.77. The van der Waals surface area contributed by atoms with E-state index in [2.05, 4.69) is 33.7 Å². The number of nitriles is 1. The summed E-state index contributed by atoms with van der Waals surface area (Å²) in [5, 5.41) is 23.3. The van der Waals surface area contributed by atoms with Crippen molar-refractivity contribution in [3.8, 4) is 28.5 Å². The normalized spacial score (nSPS) is 10.9. The summed E-state index contributed by atoms with van der Waals surface area (Å²) in [6, 6.07) is 34.2. The van der Waals surface area contributed by atoms with Crippen LogP contribution < -0.4 is 5.32 Å². The Labute approximate surface area is 200 Å². The number of anilines is 2. The number of thiophene rings is 1. The Balaban J connectivity index is 1.68. The third-order valence-electron chi connectivity index (χ3n) is 5.64. The SMILES string of the molecule is N#Cc1cc2sc3nnc(-c4ccccc4)c(-c4ccccc4)c3c2nc1Nc1ccccc1. The molecule has 0 radical (unpaired) electrons. The van der Waals surface area contributed by atoms with Gasteiger partial charge in [0.15, 0.2) is 0 Å². The molecule has 0 saturated heterocycles. The van der Waals surface area contributed by atoms with Crippen molar-refractivity contribution < 1.29 is 0 Å². The molecule has 3 heterocycles. The molecule has 160 valence electrons. The van der Waals surface area contributed by atoms with Gasteiger partial charge in [-0.3, -0.25) is 0 Å². The zero-order chi connectivity index (χ0) is 22.9. The van der Waals surface area contributed by atoms with Crippen molar-refractivity contribution in [1.29, 1.82) is 5.26 Å². The Hall–Kier alpha value is -4.60. The van der Waals surface area contributed by atoms with Crippen molar-refractivity contribution in [2.24, 2.45) is 0 Å². The second-order valence-corrected chi connectivity index (χ2v) is 8.80. The van der Waals surface area contributed by atoms with Crippen LogP contribution in [0.5, 0.6) is 0 Å². The van der Waals surface area contributed by atoms with Crippen molar-refractivity contribution >= 4 is 43.3 Å². The molecule has 0 unspecified atom stereocenters. The topological polar surface area (TPSA) is 74.5 Å². The Morgan fingerprint density at radius 2 is 1.41 bits per heavy atom. The Morgan fingerprint density at radius 3 is 2.09 bits per heavy atom. The van der Waals surface area contributed by atoms with Gasteiger partial charge in [-0.1, -0.05) is 78.9 Å². The van der Waals surface area contributed by atoms with Gasteiger partial charge < -0.3 is 5.32 Å². The molecule has 34 heavy (non-hydrogen) atoms. The van der Waals surface area contributed by atoms with Gasteiger partial charge in [0, 0.05) is 22.2 Å². The molecule has 1 N–H and O–H groups in total. The van der Waals surface area contributed by atoms with E-state index < -0.39 is 0 Å². The van der Waals surface area contributed by atoms with Gasteiger partial charge in [-0.05, 0) is 23.8 Å². The standard InChI is InChI=1S/C28H17N5S/c29-17-20-16-22-26(31-27(20)30-21-14-8-3-9-15-21)24-23(18-10-4-1-5-11-18)25(32-33-28(24)34-22)19-12-6-2-7-13-19/h1-16H,(H,30,31). The molecular formula is C28H17N5S. The molecule has 0 amide bonds. The summed E-state index contributed by atoms with van der Waals surface area (Å²) in [5.41, 5.74) is 6.01. The van der Waals surface area contributed by atoms with E-state index in [1.54, 1.807) is 0 Å². The number of fused-ring (bicyclic) bond motifs is 3. The second kappa shape index (κ2) is 8.39. The van der Waals surface area contributed by atoms with Crippen molar-refractivity contribution in [3.63, 3.8) is 0 Å². The quantitative estimate of drug-likeness (QED) is 0.304. The maximum Gasteiger partial charge on any atom is 0.149 e. The maximum absolute atomic E-state index is 9.80. The molecule has 0 fully saturated rings. The minimum absolute atomic E-state index is 0.486. The molecule has 0 aliphatic carbocycles. The monoisotopic (exact) mass is 455 g/mol. The summed E-state index contributed by atoms with van der Waals surface area (Å²) in [6.07, 6.45) is 0. The van der Waals surface area contributed by atoms with Crippen LogP contribution in [0.25, 0.3) is 42.8 Å². The number of hydrogen-bond donors (Lipinski definition) is 1. The first-order valence-electron chi connectivity index (χ1n) is 10.8. The predicted octanol–water partition coefficient (Wildman–Crippen LogP) is 7.19. The number of nitrogens with zero attached hydrogens (tertiary/aromatic N) is 4. The number of hydrogen-bond acceptors (Lipinski definition) is 6. The van der Waals surface area contributed by atoms with Crippen LogP contribution in [0.2, 0.25) is 0 Å². The highest BCUT2D eigenvalue weighted by atomic mass is 32.1. The summed E-state index contributed by atoms with van der Waals surface area (Å²) in [5.74, 6) is 0.526. The summed E-state index contributed by atoms with van der Waals surface area (Å²) in [6.45, 7) is 0. The van der Waals surface area contributed by atoms with Gasteiger partial charge in [0.2, 0.25) is 0 Å². The molecular weight excluding hydrogens is 438 g/mol. The van der Waals surface area contributed by atoms with E-state index >= 15 is 0 Å². The molecule has 5 nitrogen and oxygen atoms in total. The fraction of sp³-hybridized carbons (Fsp3) is 0. The molecule has 0 aliphatic rings. The van der Waals surface area contributed by atoms with Crippen molar-refractivity contribution in [1.82, 2.24) is 15.2 Å². The number of benzene rings is 3. The number of nitrogens with one attached hydrogen (secondary N) is 1. The smallest absolute Gasteiger partial charge is 0.149 e. The van der Waals surface area contributed by atoms with E-state index in [-0.39, 0.29) is 0 Å². The Morgan fingerprint density at radius 1 is 0.765 bits per heavy atom. The van der Waals surface area contributed by atoms with Crippen molar-refractivity contribution in [3.05, 3.63) is 103 Å². The average Bonchev–Trinajstić information content (AvgIpc) is 3.26. The largest absolute Gasteiger partial charge is 0.339 e. The molecule has 3 aromatic carbocycles. The number of pyridine rings is 1. The van der Waals surface area contributed by atoms with Crippen LogP contribution in [0, 0.1) is 11.3 Å². The van der Waals surface area contributed by atoms with Crippen LogP contribution in [0.3, 0.4) is 0 Å². The van der Waals surface area contributed by atoms with E-state index in [4.69, 9.17) is 4.98 Å². The first-order chi connectivity index (χ1) is 16.8. The molecule has 0 spiro atoms. The van der Waals surface area contributed by atoms with E-state index in [1.165, 1.54) is 11.3 Å². The first kappa shape index (κ1) is 20.0.